The molecule has 19 heavy (non-hydrogen) atoms. The lowest BCUT2D eigenvalue weighted by molar-refractivity contribution is 0.199. The molecule has 0 aliphatic rings. The highest BCUT2D eigenvalue weighted by Gasteiger charge is 2.09. The van der Waals surface area contributed by atoms with E-state index in [1.54, 1.807) is 18.4 Å². The molecule has 1 heterocycles. The van der Waals surface area contributed by atoms with E-state index in [0.717, 1.165) is 32.7 Å². The van der Waals surface area contributed by atoms with Crippen molar-refractivity contribution < 1.29 is 4.74 Å². The van der Waals surface area contributed by atoms with E-state index in [0.29, 0.717) is 13.2 Å². The molecule has 0 spiro atoms. The number of methoxy groups -OCH3 is 1. The first-order chi connectivity index (χ1) is 9.20. The second-order valence-electron chi connectivity index (χ2n) is 4.13. The van der Waals surface area contributed by atoms with Crippen LogP contribution in [0.3, 0.4) is 0 Å². The van der Waals surface area contributed by atoms with Gasteiger partial charge in [0.05, 0.1) is 6.61 Å². The second kappa shape index (κ2) is 6.96. The fraction of sp³-hybridized carbons (Fsp3) is 0.385. The van der Waals surface area contributed by atoms with Crippen molar-refractivity contribution in [3.8, 4) is 10.6 Å². The molecule has 2 rings (SSSR count). The van der Waals surface area contributed by atoms with Crippen LogP contribution in [0.2, 0.25) is 5.02 Å². The highest BCUT2D eigenvalue weighted by atomic mass is 35.5. The van der Waals surface area contributed by atoms with Crippen LogP contribution in [0.25, 0.3) is 10.6 Å². The van der Waals surface area contributed by atoms with E-state index >= 15 is 0 Å². The molecule has 4 nitrogen and oxygen atoms in total. The van der Waals surface area contributed by atoms with Gasteiger partial charge in [-0.15, -0.1) is 10.2 Å². The van der Waals surface area contributed by atoms with Crippen molar-refractivity contribution in [1.82, 2.24) is 15.5 Å². The molecule has 0 unspecified atom stereocenters. The van der Waals surface area contributed by atoms with Gasteiger partial charge in [0.2, 0.25) is 0 Å². The lowest BCUT2D eigenvalue weighted by atomic mass is 10.1. The molecular formula is C13H16ClN3OS. The van der Waals surface area contributed by atoms with Crippen LogP contribution in [-0.2, 0) is 11.3 Å². The molecule has 0 radical (unpaired) electrons. The first-order valence-electron chi connectivity index (χ1n) is 5.99. The van der Waals surface area contributed by atoms with Gasteiger partial charge in [-0.05, 0) is 24.6 Å². The molecule has 0 aliphatic heterocycles. The number of hydrogen-bond donors (Lipinski definition) is 1. The van der Waals surface area contributed by atoms with Crippen LogP contribution in [0, 0.1) is 6.92 Å². The maximum Gasteiger partial charge on any atom is 0.148 e. The predicted octanol–water partition coefficient (Wildman–Crippen LogP) is 2.90. The summed E-state index contributed by atoms with van der Waals surface area (Å²) in [6.07, 6.45) is 0. The average molecular weight is 298 g/mol. The number of hydrogen-bond acceptors (Lipinski definition) is 5. The molecule has 0 saturated carbocycles. The smallest absolute Gasteiger partial charge is 0.148 e. The lowest BCUT2D eigenvalue weighted by Crippen LogP contribution is -2.18. The summed E-state index contributed by atoms with van der Waals surface area (Å²) in [5, 5.41) is 14.2. The molecule has 1 aromatic heterocycles. The summed E-state index contributed by atoms with van der Waals surface area (Å²) >= 11 is 7.60. The standard InChI is InChI=1S/C13H16ClN3OS/c1-9-3-4-10(14)7-11(9)13-17-16-12(19-13)8-15-5-6-18-2/h3-4,7,15H,5-6,8H2,1-2H3. The Kier molecular flexibility index (Phi) is 5.27. The van der Waals surface area contributed by atoms with Crippen molar-refractivity contribution in [3.63, 3.8) is 0 Å². The highest BCUT2D eigenvalue weighted by molar-refractivity contribution is 7.14. The fourth-order valence-corrected chi connectivity index (χ4v) is 2.69. The number of nitrogens with one attached hydrogen (secondary N) is 1. The Hall–Kier alpha value is -1.01. The van der Waals surface area contributed by atoms with Gasteiger partial charge in [0.25, 0.3) is 0 Å². The predicted molar refractivity (Wildman–Crippen MR) is 78.7 cm³/mol. The Morgan fingerprint density at radius 2 is 2.21 bits per heavy atom. The number of benzene rings is 1. The molecule has 0 aliphatic carbocycles. The Balaban J connectivity index is 2.06. The van der Waals surface area contributed by atoms with Gasteiger partial charge >= 0.3 is 0 Å². The van der Waals surface area contributed by atoms with Crippen LogP contribution in [0.15, 0.2) is 18.2 Å². The van der Waals surface area contributed by atoms with Gasteiger partial charge in [-0.3, -0.25) is 0 Å². The summed E-state index contributed by atoms with van der Waals surface area (Å²) < 4.78 is 4.97. The topological polar surface area (TPSA) is 47.0 Å². The molecule has 0 fully saturated rings. The summed E-state index contributed by atoms with van der Waals surface area (Å²) in [6, 6.07) is 5.81. The monoisotopic (exact) mass is 297 g/mol. The summed E-state index contributed by atoms with van der Waals surface area (Å²) in [5.41, 5.74) is 2.20. The van der Waals surface area contributed by atoms with Crippen LogP contribution in [0.5, 0.6) is 0 Å². The number of halogens is 1. The molecule has 0 amide bonds. The van der Waals surface area contributed by atoms with Crippen LogP contribution in [-0.4, -0.2) is 30.5 Å². The Morgan fingerprint density at radius 1 is 1.37 bits per heavy atom. The van der Waals surface area contributed by atoms with Gasteiger partial charge < -0.3 is 10.1 Å². The third-order valence-corrected chi connectivity index (χ3v) is 3.85. The summed E-state index contributed by atoms with van der Waals surface area (Å²) in [4.78, 5) is 0. The van der Waals surface area contributed by atoms with E-state index in [9.17, 15) is 0 Å². The minimum atomic E-state index is 0.694. The molecule has 6 heteroatoms. The minimum absolute atomic E-state index is 0.694. The molecular weight excluding hydrogens is 282 g/mol. The third-order valence-electron chi connectivity index (χ3n) is 2.66. The normalized spacial score (nSPS) is 10.9. The van der Waals surface area contributed by atoms with Gasteiger partial charge in [0, 0.05) is 30.8 Å². The first-order valence-corrected chi connectivity index (χ1v) is 7.18. The highest BCUT2D eigenvalue weighted by Crippen LogP contribution is 2.28. The Morgan fingerprint density at radius 3 is 3.00 bits per heavy atom. The van der Waals surface area contributed by atoms with Gasteiger partial charge in [0.15, 0.2) is 0 Å². The Bertz CT molecular complexity index is 544. The fourth-order valence-electron chi connectivity index (χ4n) is 1.63. The number of aryl methyl sites for hydroxylation is 1. The SMILES string of the molecule is COCCNCc1nnc(-c2cc(Cl)ccc2C)s1. The molecule has 2 aromatic rings. The van der Waals surface area contributed by atoms with Crippen molar-refractivity contribution in [2.75, 3.05) is 20.3 Å². The molecule has 0 saturated heterocycles. The molecule has 1 N–H and O–H groups in total. The van der Waals surface area contributed by atoms with E-state index in [4.69, 9.17) is 16.3 Å². The number of aromatic nitrogens is 2. The summed E-state index contributed by atoms with van der Waals surface area (Å²) in [7, 11) is 1.69. The maximum atomic E-state index is 6.02. The number of nitrogens with zero attached hydrogens (tertiary/aromatic N) is 2. The quantitative estimate of drug-likeness (QED) is 0.833. The van der Waals surface area contributed by atoms with Gasteiger partial charge in [-0.1, -0.05) is 29.0 Å². The van der Waals surface area contributed by atoms with Gasteiger partial charge in [0.1, 0.15) is 10.0 Å². The van der Waals surface area contributed by atoms with E-state index in [2.05, 4.69) is 15.5 Å². The van der Waals surface area contributed by atoms with Crippen molar-refractivity contribution in [2.45, 2.75) is 13.5 Å². The maximum absolute atomic E-state index is 6.02. The van der Waals surface area contributed by atoms with Crippen LogP contribution >= 0.6 is 22.9 Å². The zero-order valence-corrected chi connectivity index (χ0v) is 12.5. The lowest BCUT2D eigenvalue weighted by Gasteiger charge is -2.01. The van der Waals surface area contributed by atoms with Crippen molar-refractivity contribution in [3.05, 3.63) is 33.8 Å². The largest absolute Gasteiger partial charge is 0.383 e. The first kappa shape index (κ1) is 14.4. The Labute approximate surface area is 121 Å². The van der Waals surface area contributed by atoms with E-state index in [1.807, 2.05) is 25.1 Å². The zero-order valence-electron chi connectivity index (χ0n) is 10.9. The number of ether oxygens (including phenoxy) is 1. The number of rotatable bonds is 6. The van der Waals surface area contributed by atoms with E-state index in [1.165, 1.54) is 0 Å². The zero-order chi connectivity index (χ0) is 13.7. The summed E-state index contributed by atoms with van der Waals surface area (Å²) in [6.45, 7) is 4.25. The molecule has 0 atom stereocenters. The van der Waals surface area contributed by atoms with Crippen LogP contribution in [0.4, 0.5) is 0 Å². The molecule has 102 valence electrons. The van der Waals surface area contributed by atoms with E-state index in [-0.39, 0.29) is 0 Å². The van der Waals surface area contributed by atoms with Gasteiger partial charge in [-0.2, -0.15) is 0 Å². The van der Waals surface area contributed by atoms with E-state index < -0.39 is 0 Å². The van der Waals surface area contributed by atoms with Crippen LogP contribution in [0.1, 0.15) is 10.6 Å². The van der Waals surface area contributed by atoms with Crippen LogP contribution < -0.4 is 5.32 Å². The van der Waals surface area contributed by atoms with Crippen molar-refractivity contribution in [2.24, 2.45) is 0 Å². The van der Waals surface area contributed by atoms with Crippen molar-refractivity contribution >= 4 is 22.9 Å². The minimum Gasteiger partial charge on any atom is -0.383 e. The second-order valence-corrected chi connectivity index (χ2v) is 5.63. The summed E-state index contributed by atoms with van der Waals surface area (Å²) in [5.74, 6) is 0. The van der Waals surface area contributed by atoms with Crippen molar-refractivity contribution in [1.29, 1.82) is 0 Å². The average Bonchev–Trinajstić information content (AvgIpc) is 2.86. The van der Waals surface area contributed by atoms with Gasteiger partial charge in [-0.25, -0.2) is 0 Å². The molecule has 1 aromatic carbocycles. The third kappa shape index (κ3) is 3.98. The molecule has 0 bridgehead atoms.